The van der Waals surface area contributed by atoms with Gasteiger partial charge in [-0.2, -0.15) is 0 Å². The largest absolute Gasteiger partial charge is 0.504 e. The van der Waals surface area contributed by atoms with Crippen molar-refractivity contribution in [1.82, 2.24) is 9.80 Å². The van der Waals surface area contributed by atoms with E-state index in [0.29, 0.717) is 22.8 Å². The number of benzene rings is 1. The summed E-state index contributed by atoms with van der Waals surface area (Å²) in [4.78, 5) is 17.3. The second kappa shape index (κ2) is 8.09. The highest BCUT2D eigenvalue weighted by molar-refractivity contribution is 5.95. The fourth-order valence-electron chi connectivity index (χ4n) is 4.59. The van der Waals surface area contributed by atoms with Crippen LogP contribution in [0.25, 0.3) is 0 Å². The van der Waals surface area contributed by atoms with Crippen molar-refractivity contribution in [2.24, 2.45) is 11.3 Å². The van der Waals surface area contributed by atoms with Gasteiger partial charge in [-0.15, -0.1) is 0 Å². The number of phenols is 1. The van der Waals surface area contributed by atoms with Gasteiger partial charge >= 0.3 is 0 Å². The summed E-state index contributed by atoms with van der Waals surface area (Å²) in [5, 5.41) is 9.72. The molecule has 2 aliphatic rings. The maximum absolute atomic E-state index is 12.8. The summed E-state index contributed by atoms with van der Waals surface area (Å²) < 4.78 is 5.12. The molecule has 2 fully saturated rings. The number of rotatable bonds is 3. The molecule has 5 nitrogen and oxygen atoms in total. The summed E-state index contributed by atoms with van der Waals surface area (Å²) in [5.74, 6) is 1.25. The number of amides is 1. The summed E-state index contributed by atoms with van der Waals surface area (Å²) >= 11 is 0. The van der Waals surface area contributed by atoms with Crippen molar-refractivity contribution in [2.45, 2.75) is 52.5 Å². The van der Waals surface area contributed by atoms with E-state index in [1.54, 1.807) is 12.1 Å². The smallest absolute Gasteiger partial charge is 0.254 e. The van der Waals surface area contributed by atoms with Gasteiger partial charge in [0.05, 0.1) is 7.11 Å². The van der Waals surface area contributed by atoms with E-state index in [0.717, 1.165) is 32.1 Å². The van der Waals surface area contributed by atoms with Crippen LogP contribution in [0.1, 0.15) is 56.8 Å². The van der Waals surface area contributed by atoms with Crippen LogP contribution in [0.4, 0.5) is 0 Å². The van der Waals surface area contributed by atoms with Crippen molar-refractivity contribution in [1.29, 1.82) is 0 Å². The topological polar surface area (TPSA) is 53.0 Å². The molecule has 0 bridgehead atoms. The summed E-state index contributed by atoms with van der Waals surface area (Å²) in [7, 11) is 1.50. The van der Waals surface area contributed by atoms with E-state index in [2.05, 4.69) is 25.7 Å². The fraction of sp³-hybridized carbons (Fsp3) is 0.682. The van der Waals surface area contributed by atoms with Crippen LogP contribution in [-0.4, -0.2) is 60.1 Å². The molecule has 1 saturated heterocycles. The van der Waals surface area contributed by atoms with Crippen LogP contribution in [0.2, 0.25) is 0 Å². The lowest BCUT2D eigenvalue weighted by molar-refractivity contribution is 0.0430. The summed E-state index contributed by atoms with van der Waals surface area (Å²) in [6.07, 6.45) is 5.21. The standard InChI is InChI=1S/C22H34N2O3/c1-22(2,3)17-6-8-18(9-7-17)23-11-13-24(14-12-23)21(26)16-5-10-19(25)20(15-16)27-4/h5,10,15,17-18,25H,6-9,11-14H2,1-4H3. The zero-order chi connectivity index (χ0) is 19.6. The van der Waals surface area contributed by atoms with Crippen LogP contribution in [0.15, 0.2) is 18.2 Å². The quantitative estimate of drug-likeness (QED) is 0.875. The Morgan fingerprint density at radius 3 is 2.26 bits per heavy atom. The monoisotopic (exact) mass is 374 g/mol. The van der Waals surface area contributed by atoms with Crippen molar-refractivity contribution < 1.29 is 14.6 Å². The third kappa shape index (κ3) is 4.57. The number of hydrogen-bond acceptors (Lipinski definition) is 4. The van der Waals surface area contributed by atoms with Crippen LogP contribution in [0.3, 0.4) is 0 Å². The van der Waals surface area contributed by atoms with Gasteiger partial charge in [-0.1, -0.05) is 20.8 Å². The summed E-state index contributed by atoms with van der Waals surface area (Å²) in [5.41, 5.74) is 0.991. The Morgan fingerprint density at radius 1 is 1.07 bits per heavy atom. The molecular weight excluding hydrogens is 340 g/mol. The van der Waals surface area contributed by atoms with Crippen LogP contribution < -0.4 is 4.74 Å². The van der Waals surface area contributed by atoms with Gasteiger partial charge in [0.15, 0.2) is 11.5 Å². The summed E-state index contributed by atoms with van der Waals surface area (Å²) in [6.45, 7) is 10.5. The second-order valence-electron chi connectivity index (χ2n) is 9.09. The van der Waals surface area contributed by atoms with Crippen molar-refractivity contribution in [2.75, 3.05) is 33.3 Å². The maximum Gasteiger partial charge on any atom is 0.254 e. The Labute approximate surface area is 163 Å². The molecule has 150 valence electrons. The van der Waals surface area contributed by atoms with Gasteiger partial charge in [-0.05, 0) is 55.2 Å². The van der Waals surface area contributed by atoms with E-state index in [4.69, 9.17) is 4.74 Å². The number of piperazine rings is 1. The van der Waals surface area contributed by atoms with Gasteiger partial charge in [-0.25, -0.2) is 0 Å². The van der Waals surface area contributed by atoms with Crippen molar-refractivity contribution >= 4 is 5.91 Å². The minimum atomic E-state index is 0.0180. The minimum Gasteiger partial charge on any atom is -0.504 e. The number of methoxy groups -OCH3 is 1. The molecule has 0 aromatic heterocycles. The van der Waals surface area contributed by atoms with Crippen LogP contribution in [-0.2, 0) is 0 Å². The van der Waals surface area contributed by atoms with E-state index in [9.17, 15) is 9.90 Å². The minimum absolute atomic E-state index is 0.0180. The third-order valence-electron chi connectivity index (χ3n) is 6.47. The SMILES string of the molecule is COc1cc(C(=O)N2CCN(C3CCC(C(C)(C)C)CC3)CC2)ccc1O. The molecule has 1 aliphatic carbocycles. The van der Waals surface area contributed by atoms with Gasteiger partial charge in [0.25, 0.3) is 5.91 Å². The molecular formula is C22H34N2O3. The second-order valence-corrected chi connectivity index (χ2v) is 9.09. The fourth-order valence-corrected chi connectivity index (χ4v) is 4.59. The first-order valence-electron chi connectivity index (χ1n) is 10.2. The lowest BCUT2D eigenvalue weighted by Crippen LogP contribution is -2.52. The Kier molecular flexibility index (Phi) is 5.99. The highest BCUT2D eigenvalue weighted by Gasteiger charge is 2.33. The van der Waals surface area contributed by atoms with E-state index in [1.807, 2.05) is 4.90 Å². The third-order valence-corrected chi connectivity index (χ3v) is 6.47. The zero-order valence-electron chi connectivity index (χ0n) is 17.2. The molecule has 1 amide bonds. The predicted octanol–water partition coefficient (Wildman–Crippen LogP) is 3.76. The molecule has 0 radical (unpaired) electrons. The molecule has 0 unspecified atom stereocenters. The van der Waals surface area contributed by atoms with E-state index < -0.39 is 0 Å². The molecule has 1 aromatic carbocycles. The predicted molar refractivity (Wildman–Crippen MR) is 107 cm³/mol. The van der Waals surface area contributed by atoms with Crippen LogP contribution in [0.5, 0.6) is 11.5 Å². The molecule has 0 spiro atoms. The van der Waals surface area contributed by atoms with E-state index >= 15 is 0 Å². The normalized spacial score (nSPS) is 24.7. The molecule has 1 saturated carbocycles. The molecule has 1 aliphatic heterocycles. The number of carbonyl (C=O) groups excluding carboxylic acids is 1. The van der Waals surface area contributed by atoms with Crippen molar-refractivity contribution in [3.8, 4) is 11.5 Å². The average Bonchev–Trinajstić information content (AvgIpc) is 2.67. The van der Waals surface area contributed by atoms with Crippen LogP contribution >= 0.6 is 0 Å². The van der Waals surface area contributed by atoms with E-state index in [-0.39, 0.29) is 11.7 Å². The first-order valence-corrected chi connectivity index (χ1v) is 10.2. The number of hydrogen-bond donors (Lipinski definition) is 1. The zero-order valence-corrected chi connectivity index (χ0v) is 17.2. The molecule has 5 heteroatoms. The highest BCUT2D eigenvalue weighted by atomic mass is 16.5. The molecule has 1 heterocycles. The lowest BCUT2D eigenvalue weighted by Gasteiger charge is -2.44. The first-order chi connectivity index (χ1) is 12.8. The molecule has 0 atom stereocenters. The Hall–Kier alpha value is -1.75. The first kappa shape index (κ1) is 20.0. The molecule has 3 rings (SSSR count). The number of carbonyl (C=O) groups is 1. The number of ether oxygens (including phenoxy) is 1. The van der Waals surface area contributed by atoms with Gasteiger partial charge in [-0.3, -0.25) is 9.69 Å². The number of aromatic hydroxyl groups is 1. The van der Waals surface area contributed by atoms with Gasteiger partial charge in [0.1, 0.15) is 0 Å². The van der Waals surface area contributed by atoms with E-state index in [1.165, 1.54) is 38.9 Å². The van der Waals surface area contributed by atoms with Gasteiger partial charge in [0, 0.05) is 37.8 Å². The number of nitrogens with zero attached hydrogens (tertiary/aromatic N) is 2. The molecule has 1 N–H and O–H groups in total. The molecule has 27 heavy (non-hydrogen) atoms. The molecule has 1 aromatic rings. The summed E-state index contributed by atoms with van der Waals surface area (Å²) in [6, 6.07) is 5.49. The van der Waals surface area contributed by atoms with Gasteiger partial charge in [0.2, 0.25) is 0 Å². The van der Waals surface area contributed by atoms with Crippen LogP contribution in [0, 0.1) is 11.3 Å². The van der Waals surface area contributed by atoms with Crippen molar-refractivity contribution in [3.05, 3.63) is 23.8 Å². The Morgan fingerprint density at radius 2 is 1.70 bits per heavy atom. The average molecular weight is 375 g/mol. The Balaban J connectivity index is 1.53. The lowest BCUT2D eigenvalue weighted by atomic mass is 9.71. The maximum atomic E-state index is 12.8. The van der Waals surface area contributed by atoms with Gasteiger partial charge < -0.3 is 14.7 Å². The van der Waals surface area contributed by atoms with Crippen molar-refractivity contribution in [3.63, 3.8) is 0 Å². The highest BCUT2D eigenvalue weighted by Crippen LogP contribution is 2.39. The Bertz CT molecular complexity index is 652. The number of phenolic OH excluding ortho intramolecular Hbond substituents is 1.